The van der Waals surface area contributed by atoms with Crippen molar-refractivity contribution in [1.82, 2.24) is 9.78 Å². The largest absolute Gasteiger partial charge is 0.452 e. The number of anilines is 1. The molecule has 0 unspecified atom stereocenters. The Morgan fingerprint density at radius 2 is 2.12 bits per heavy atom. The summed E-state index contributed by atoms with van der Waals surface area (Å²) in [4.78, 5) is 23.4. The molecular weight excluding hydrogens is 353 g/mol. The van der Waals surface area contributed by atoms with Gasteiger partial charge in [0.1, 0.15) is 5.15 Å². The van der Waals surface area contributed by atoms with Gasteiger partial charge < -0.3 is 10.1 Å². The zero-order valence-electron chi connectivity index (χ0n) is 13.0. The van der Waals surface area contributed by atoms with Crippen LogP contribution in [0.1, 0.15) is 11.3 Å². The highest BCUT2D eigenvalue weighted by Crippen LogP contribution is 2.20. The average molecular weight is 368 g/mol. The summed E-state index contributed by atoms with van der Waals surface area (Å²) in [5, 5.41) is 7.61. The standard InChI is InChI=1S/C16H15Cl2N3O3/c1-10-13(16(18)21(2)20-10)6-7-15(23)24-9-14(22)19-12-5-3-4-11(17)8-12/h3-8H,9H2,1-2H3,(H,19,22)/b7-6+. The van der Waals surface area contributed by atoms with Crippen molar-refractivity contribution in [2.24, 2.45) is 7.05 Å². The number of rotatable bonds is 5. The molecule has 0 bridgehead atoms. The van der Waals surface area contributed by atoms with Crippen LogP contribution in [0.4, 0.5) is 5.69 Å². The van der Waals surface area contributed by atoms with Crippen LogP contribution >= 0.6 is 23.2 Å². The summed E-state index contributed by atoms with van der Waals surface area (Å²) in [5.74, 6) is -1.12. The normalized spacial score (nSPS) is 10.8. The first-order chi connectivity index (χ1) is 11.4. The van der Waals surface area contributed by atoms with Crippen molar-refractivity contribution in [1.29, 1.82) is 0 Å². The number of carbonyl (C=O) groups is 2. The van der Waals surface area contributed by atoms with Gasteiger partial charge in [-0.3, -0.25) is 9.48 Å². The molecule has 0 spiro atoms. The van der Waals surface area contributed by atoms with Gasteiger partial charge in [0.2, 0.25) is 0 Å². The molecule has 0 saturated carbocycles. The Bertz CT molecular complexity index is 800. The van der Waals surface area contributed by atoms with E-state index in [2.05, 4.69) is 10.4 Å². The van der Waals surface area contributed by atoms with Gasteiger partial charge in [-0.05, 0) is 31.2 Å². The number of hydrogen-bond acceptors (Lipinski definition) is 4. The molecule has 0 radical (unpaired) electrons. The van der Waals surface area contributed by atoms with Gasteiger partial charge in [0.05, 0.1) is 5.69 Å². The van der Waals surface area contributed by atoms with E-state index in [9.17, 15) is 9.59 Å². The fourth-order valence-corrected chi connectivity index (χ4v) is 2.36. The highest BCUT2D eigenvalue weighted by Gasteiger charge is 2.10. The van der Waals surface area contributed by atoms with E-state index in [0.29, 0.717) is 27.1 Å². The van der Waals surface area contributed by atoms with Gasteiger partial charge >= 0.3 is 5.97 Å². The lowest BCUT2D eigenvalue weighted by Gasteiger charge is -2.05. The molecule has 6 nitrogen and oxygen atoms in total. The van der Waals surface area contributed by atoms with Crippen LogP contribution < -0.4 is 5.32 Å². The zero-order chi connectivity index (χ0) is 17.7. The van der Waals surface area contributed by atoms with Crippen molar-refractivity contribution in [3.05, 3.63) is 51.8 Å². The van der Waals surface area contributed by atoms with Crippen molar-refractivity contribution in [2.45, 2.75) is 6.92 Å². The number of esters is 1. The fraction of sp³-hybridized carbons (Fsp3) is 0.188. The highest BCUT2D eigenvalue weighted by atomic mass is 35.5. The second-order valence-electron chi connectivity index (χ2n) is 4.91. The lowest BCUT2D eigenvalue weighted by Crippen LogP contribution is -2.20. The third-order valence-corrected chi connectivity index (χ3v) is 3.72. The maximum atomic E-state index is 11.7. The predicted octanol–water partition coefficient (Wildman–Crippen LogP) is 3.23. The number of ether oxygens (including phenoxy) is 1. The summed E-state index contributed by atoms with van der Waals surface area (Å²) >= 11 is 11.9. The molecule has 1 aromatic heterocycles. The van der Waals surface area contributed by atoms with E-state index >= 15 is 0 Å². The molecule has 1 N–H and O–H groups in total. The van der Waals surface area contributed by atoms with E-state index in [1.807, 2.05) is 0 Å². The summed E-state index contributed by atoms with van der Waals surface area (Å²) in [5.41, 5.74) is 1.83. The van der Waals surface area contributed by atoms with Gasteiger partial charge in [-0.15, -0.1) is 0 Å². The monoisotopic (exact) mass is 367 g/mol. The van der Waals surface area contributed by atoms with Crippen molar-refractivity contribution in [3.8, 4) is 0 Å². The van der Waals surface area contributed by atoms with Gasteiger partial charge in [-0.2, -0.15) is 5.10 Å². The number of nitrogens with zero attached hydrogens (tertiary/aromatic N) is 2. The number of benzene rings is 1. The van der Waals surface area contributed by atoms with Crippen LogP contribution in [0.3, 0.4) is 0 Å². The molecular formula is C16H15Cl2N3O3. The number of aromatic nitrogens is 2. The molecule has 1 aromatic carbocycles. The third kappa shape index (κ3) is 4.84. The number of halogens is 2. The van der Waals surface area contributed by atoms with Crippen molar-refractivity contribution < 1.29 is 14.3 Å². The van der Waals surface area contributed by atoms with Gasteiger partial charge in [-0.25, -0.2) is 4.79 Å². The minimum atomic E-state index is -0.657. The Balaban J connectivity index is 1.86. The van der Waals surface area contributed by atoms with E-state index in [1.54, 1.807) is 38.2 Å². The Morgan fingerprint density at radius 1 is 1.38 bits per heavy atom. The topological polar surface area (TPSA) is 73.2 Å². The molecule has 2 aromatic rings. The SMILES string of the molecule is Cc1nn(C)c(Cl)c1/C=C/C(=O)OCC(=O)Nc1cccc(Cl)c1. The molecule has 126 valence electrons. The van der Waals surface area contributed by atoms with E-state index in [-0.39, 0.29) is 0 Å². The number of carbonyl (C=O) groups excluding carboxylic acids is 2. The van der Waals surface area contributed by atoms with Crippen LogP contribution in [-0.2, 0) is 21.4 Å². The molecule has 24 heavy (non-hydrogen) atoms. The number of nitrogens with one attached hydrogen (secondary N) is 1. The lowest BCUT2D eigenvalue weighted by molar-refractivity contribution is -0.142. The van der Waals surface area contributed by atoms with Gasteiger partial charge in [0.25, 0.3) is 5.91 Å². The van der Waals surface area contributed by atoms with Crippen LogP contribution in [-0.4, -0.2) is 28.3 Å². The van der Waals surface area contributed by atoms with Gasteiger partial charge in [0.15, 0.2) is 6.61 Å². The average Bonchev–Trinajstić information content (AvgIpc) is 2.76. The minimum absolute atomic E-state index is 0.407. The summed E-state index contributed by atoms with van der Waals surface area (Å²) in [6.07, 6.45) is 2.70. The molecule has 0 aliphatic rings. The van der Waals surface area contributed by atoms with Crippen molar-refractivity contribution in [2.75, 3.05) is 11.9 Å². The number of aryl methyl sites for hydroxylation is 2. The van der Waals surface area contributed by atoms with E-state index in [0.717, 1.165) is 0 Å². The Hall–Kier alpha value is -2.31. The second-order valence-corrected chi connectivity index (χ2v) is 5.71. The maximum absolute atomic E-state index is 11.7. The van der Waals surface area contributed by atoms with Crippen LogP contribution in [0, 0.1) is 6.92 Å². The first-order valence-corrected chi connectivity index (χ1v) is 7.71. The number of amides is 1. The maximum Gasteiger partial charge on any atom is 0.331 e. The summed E-state index contributed by atoms with van der Waals surface area (Å²) in [6, 6.07) is 6.66. The molecule has 1 heterocycles. The summed E-state index contributed by atoms with van der Waals surface area (Å²) < 4.78 is 6.37. The van der Waals surface area contributed by atoms with Gasteiger partial charge in [0, 0.05) is 29.4 Å². The fourth-order valence-electron chi connectivity index (χ4n) is 1.94. The van der Waals surface area contributed by atoms with Crippen LogP contribution in [0.15, 0.2) is 30.3 Å². The highest BCUT2D eigenvalue weighted by molar-refractivity contribution is 6.31. The molecule has 0 fully saturated rings. The van der Waals surface area contributed by atoms with Crippen LogP contribution in [0.25, 0.3) is 6.08 Å². The molecule has 8 heteroatoms. The molecule has 2 rings (SSSR count). The molecule has 0 saturated heterocycles. The Morgan fingerprint density at radius 3 is 2.75 bits per heavy atom. The summed E-state index contributed by atoms with van der Waals surface area (Å²) in [6.45, 7) is 1.37. The Labute approximate surface area is 149 Å². The van der Waals surface area contributed by atoms with E-state index in [1.165, 1.54) is 16.8 Å². The van der Waals surface area contributed by atoms with E-state index in [4.69, 9.17) is 27.9 Å². The van der Waals surface area contributed by atoms with Gasteiger partial charge in [-0.1, -0.05) is 29.3 Å². The smallest absolute Gasteiger partial charge is 0.331 e. The molecule has 0 atom stereocenters. The molecule has 0 aliphatic carbocycles. The third-order valence-electron chi connectivity index (χ3n) is 3.04. The number of hydrogen-bond donors (Lipinski definition) is 1. The summed E-state index contributed by atoms with van der Waals surface area (Å²) in [7, 11) is 1.70. The van der Waals surface area contributed by atoms with Crippen LogP contribution in [0.2, 0.25) is 10.2 Å². The van der Waals surface area contributed by atoms with E-state index < -0.39 is 18.5 Å². The lowest BCUT2D eigenvalue weighted by atomic mass is 10.2. The first kappa shape index (κ1) is 18.0. The zero-order valence-corrected chi connectivity index (χ0v) is 14.6. The molecule has 1 amide bonds. The van der Waals surface area contributed by atoms with Crippen molar-refractivity contribution in [3.63, 3.8) is 0 Å². The minimum Gasteiger partial charge on any atom is -0.452 e. The molecule has 0 aliphatic heterocycles. The predicted molar refractivity (Wildman–Crippen MR) is 93.0 cm³/mol. The Kier molecular flexibility index (Phi) is 6.00. The van der Waals surface area contributed by atoms with Crippen molar-refractivity contribution >= 4 is 46.8 Å². The first-order valence-electron chi connectivity index (χ1n) is 6.96. The quantitative estimate of drug-likeness (QED) is 0.650. The van der Waals surface area contributed by atoms with Crippen LogP contribution in [0.5, 0.6) is 0 Å². The second kappa shape index (κ2) is 7.99.